The Morgan fingerprint density at radius 1 is 1.29 bits per heavy atom. The van der Waals surface area contributed by atoms with Crippen LogP contribution in [0, 0.1) is 5.82 Å². The number of carbonyl (C=O) groups excluding carboxylic acids is 1. The van der Waals surface area contributed by atoms with E-state index in [9.17, 15) is 9.18 Å². The van der Waals surface area contributed by atoms with Crippen molar-refractivity contribution in [3.05, 3.63) is 52.8 Å². The third kappa shape index (κ3) is 2.64. The average molecular weight is 307 g/mol. The van der Waals surface area contributed by atoms with Crippen LogP contribution in [-0.2, 0) is 11.3 Å². The minimum atomic E-state index is -0.412. The van der Waals surface area contributed by atoms with Crippen LogP contribution in [0.4, 0.5) is 15.8 Å². The van der Waals surface area contributed by atoms with Crippen LogP contribution in [0.1, 0.15) is 5.56 Å². The van der Waals surface area contributed by atoms with Gasteiger partial charge in [0.1, 0.15) is 11.6 Å². The van der Waals surface area contributed by atoms with Gasteiger partial charge >= 0.3 is 0 Å². The Bertz CT molecular complexity index is 721. The summed E-state index contributed by atoms with van der Waals surface area (Å²) in [6.07, 6.45) is 0. The van der Waals surface area contributed by atoms with Gasteiger partial charge in [-0.25, -0.2) is 4.39 Å². The van der Waals surface area contributed by atoms with Crippen molar-refractivity contribution in [2.45, 2.75) is 6.54 Å². The molecule has 2 N–H and O–H groups in total. The fourth-order valence-corrected chi connectivity index (χ4v) is 2.44. The lowest BCUT2D eigenvalue weighted by Crippen LogP contribution is -2.38. The summed E-state index contributed by atoms with van der Waals surface area (Å²) < 4.78 is 18.5. The number of hydrogen-bond donors (Lipinski definition) is 1. The zero-order valence-corrected chi connectivity index (χ0v) is 11.7. The van der Waals surface area contributed by atoms with Crippen molar-refractivity contribution in [1.82, 2.24) is 0 Å². The summed E-state index contributed by atoms with van der Waals surface area (Å²) in [6, 6.07) is 9.19. The molecule has 0 fully saturated rings. The number of nitrogen functional groups attached to an aromatic ring is 1. The van der Waals surface area contributed by atoms with Crippen LogP contribution < -0.4 is 15.4 Å². The van der Waals surface area contributed by atoms with Crippen molar-refractivity contribution >= 4 is 28.9 Å². The van der Waals surface area contributed by atoms with Crippen molar-refractivity contribution in [2.75, 3.05) is 17.2 Å². The van der Waals surface area contributed by atoms with E-state index < -0.39 is 5.82 Å². The van der Waals surface area contributed by atoms with Gasteiger partial charge in [-0.3, -0.25) is 4.79 Å². The number of anilines is 2. The Balaban J connectivity index is 1.96. The maximum Gasteiger partial charge on any atom is 0.265 e. The number of rotatable bonds is 2. The molecule has 0 saturated heterocycles. The maximum atomic E-state index is 13.1. The molecule has 2 aromatic rings. The van der Waals surface area contributed by atoms with E-state index in [0.717, 1.165) is 0 Å². The topological polar surface area (TPSA) is 55.6 Å². The van der Waals surface area contributed by atoms with E-state index in [4.69, 9.17) is 22.1 Å². The number of hydrogen-bond acceptors (Lipinski definition) is 3. The second-order valence-corrected chi connectivity index (χ2v) is 5.14. The van der Waals surface area contributed by atoms with Crippen LogP contribution in [0.15, 0.2) is 36.4 Å². The third-order valence-corrected chi connectivity index (χ3v) is 3.62. The van der Waals surface area contributed by atoms with Crippen LogP contribution >= 0.6 is 11.6 Å². The highest BCUT2D eigenvalue weighted by molar-refractivity contribution is 6.31. The molecule has 4 nitrogen and oxygen atoms in total. The van der Waals surface area contributed by atoms with E-state index in [1.165, 1.54) is 12.1 Å². The first-order valence-electron chi connectivity index (χ1n) is 6.31. The first kappa shape index (κ1) is 13.7. The predicted molar refractivity (Wildman–Crippen MR) is 78.9 cm³/mol. The lowest BCUT2D eigenvalue weighted by molar-refractivity contribution is -0.121. The van der Waals surface area contributed by atoms with Gasteiger partial charge in [0.15, 0.2) is 6.61 Å². The first-order chi connectivity index (χ1) is 10.0. The monoisotopic (exact) mass is 306 g/mol. The van der Waals surface area contributed by atoms with Gasteiger partial charge in [-0.2, -0.15) is 0 Å². The highest BCUT2D eigenvalue weighted by atomic mass is 35.5. The molecule has 0 unspecified atom stereocenters. The highest BCUT2D eigenvalue weighted by Gasteiger charge is 2.26. The largest absolute Gasteiger partial charge is 0.481 e. The van der Waals surface area contributed by atoms with E-state index in [0.29, 0.717) is 22.7 Å². The second kappa shape index (κ2) is 5.26. The van der Waals surface area contributed by atoms with Gasteiger partial charge in [0.05, 0.1) is 12.2 Å². The second-order valence-electron chi connectivity index (χ2n) is 4.73. The number of fused-ring (bicyclic) bond motifs is 1. The van der Waals surface area contributed by atoms with Gasteiger partial charge in [-0.15, -0.1) is 0 Å². The van der Waals surface area contributed by atoms with E-state index in [-0.39, 0.29) is 24.1 Å². The Labute approximate surface area is 125 Å². The summed E-state index contributed by atoms with van der Waals surface area (Å²) in [5.74, 6) is -0.0503. The van der Waals surface area contributed by atoms with Crippen LogP contribution in [0.5, 0.6) is 5.75 Å². The van der Waals surface area contributed by atoms with Gasteiger partial charge in [-0.1, -0.05) is 17.7 Å². The fourth-order valence-electron chi connectivity index (χ4n) is 2.21. The van der Waals surface area contributed by atoms with Crippen molar-refractivity contribution in [3.8, 4) is 5.75 Å². The molecule has 1 amide bonds. The van der Waals surface area contributed by atoms with Gasteiger partial charge in [-0.05, 0) is 29.8 Å². The van der Waals surface area contributed by atoms with E-state index in [2.05, 4.69) is 0 Å². The standard InChI is InChI=1S/C15H12ClFN2O2/c16-12-5-10(17)2-1-9(12)7-19-13-4-3-11(18)6-14(13)21-8-15(19)20/h1-6H,7-8,18H2. The summed E-state index contributed by atoms with van der Waals surface area (Å²) in [5, 5.41) is 0.284. The number of nitrogens with two attached hydrogens (primary N) is 1. The molecule has 0 radical (unpaired) electrons. The van der Waals surface area contributed by atoms with E-state index in [1.807, 2.05) is 0 Å². The van der Waals surface area contributed by atoms with E-state index in [1.54, 1.807) is 29.2 Å². The minimum absolute atomic E-state index is 0.0603. The third-order valence-electron chi connectivity index (χ3n) is 3.27. The van der Waals surface area contributed by atoms with Crippen molar-refractivity contribution in [3.63, 3.8) is 0 Å². The molecule has 0 saturated carbocycles. The van der Waals surface area contributed by atoms with Crippen LogP contribution in [0.3, 0.4) is 0 Å². The zero-order chi connectivity index (χ0) is 15.0. The maximum absolute atomic E-state index is 13.1. The molecule has 1 aliphatic heterocycles. The normalized spacial score (nSPS) is 13.8. The zero-order valence-electron chi connectivity index (χ0n) is 11.0. The molecule has 0 spiro atoms. The molecule has 0 aromatic heterocycles. The Hall–Kier alpha value is -2.27. The Kier molecular flexibility index (Phi) is 3.43. The number of ether oxygens (including phenoxy) is 1. The van der Waals surface area contributed by atoms with Crippen LogP contribution in [0.2, 0.25) is 5.02 Å². The summed E-state index contributed by atoms with van der Waals surface area (Å²) >= 11 is 6.02. The quantitative estimate of drug-likeness (QED) is 0.868. The summed E-state index contributed by atoms with van der Waals surface area (Å²) in [5.41, 5.74) is 7.56. The van der Waals surface area contributed by atoms with Crippen molar-refractivity contribution in [2.24, 2.45) is 0 Å². The smallest absolute Gasteiger partial charge is 0.265 e. The lowest BCUT2D eigenvalue weighted by atomic mass is 10.1. The predicted octanol–water partition coefficient (Wildman–Crippen LogP) is 2.99. The molecule has 21 heavy (non-hydrogen) atoms. The first-order valence-corrected chi connectivity index (χ1v) is 6.69. The molecule has 3 rings (SSSR count). The minimum Gasteiger partial charge on any atom is -0.481 e. The molecule has 1 heterocycles. The van der Waals surface area contributed by atoms with Crippen LogP contribution in [0.25, 0.3) is 0 Å². The molecular formula is C15H12ClFN2O2. The Morgan fingerprint density at radius 3 is 2.86 bits per heavy atom. The average Bonchev–Trinajstić information content (AvgIpc) is 2.44. The number of benzene rings is 2. The van der Waals surface area contributed by atoms with Gasteiger partial charge in [0.25, 0.3) is 5.91 Å². The summed E-state index contributed by atoms with van der Waals surface area (Å²) in [6.45, 7) is 0.188. The fraction of sp³-hybridized carbons (Fsp3) is 0.133. The van der Waals surface area contributed by atoms with Crippen molar-refractivity contribution < 1.29 is 13.9 Å². The molecular weight excluding hydrogens is 295 g/mol. The van der Waals surface area contributed by atoms with Gasteiger partial charge in [0.2, 0.25) is 0 Å². The van der Waals surface area contributed by atoms with Crippen molar-refractivity contribution in [1.29, 1.82) is 0 Å². The molecule has 0 aliphatic carbocycles. The summed E-state index contributed by atoms with van der Waals surface area (Å²) in [7, 11) is 0. The lowest BCUT2D eigenvalue weighted by Gasteiger charge is -2.29. The number of carbonyl (C=O) groups is 1. The van der Waals surface area contributed by atoms with Crippen LogP contribution in [-0.4, -0.2) is 12.5 Å². The Morgan fingerprint density at radius 2 is 2.10 bits per heavy atom. The molecule has 0 bridgehead atoms. The van der Waals surface area contributed by atoms with E-state index >= 15 is 0 Å². The van der Waals surface area contributed by atoms with Gasteiger partial charge in [0, 0.05) is 16.8 Å². The molecule has 0 atom stereocenters. The SMILES string of the molecule is Nc1ccc2c(c1)OCC(=O)N2Cc1ccc(F)cc1Cl. The number of amides is 1. The molecule has 6 heteroatoms. The van der Waals surface area contributed by atoms with Gasteiger partial charge < -0.3 is 15.4 Å². The molecule has 2 aromatic carbocycles. The number of nitrogens with zero attached hydrogens (tertiary/aromatic N) is 1. The molecule has 108 valence electrons. The molecule has 1 aliphatic rings. The number of halogens is 2. The highest BCUT2D eigenvalue weighted by Crippen LogP contribution is 2.35. The summed E-state index contributed by atoms with van der Waals surface area (Å²) in [4.78, 5) is 13.6.